The fourth-order valence-corrected chi connectivity index (χ4v) is 5.83. The van der Waals surface area contributed by atoms with Crippen molar-refractivity contribution in [2.45, 2.75) is 83.0 Å². The maximum Gasteiger partial charge on any atom is 0.205 e. The molecule has 12 nitrogen and oxygen atoms in total. The molecule has 1 aliphatic heterocycles. The molecular weight excluding hydrogens is 568 g/mol. The number of pyridine rings is 2. The van der Waals surface area contributed by atoms with Crippen molar-refractivity contribution < 1.29 is 9.47 Å². The summed E-state index contributed by atoms with van der Waals surface area (Å²) in [5.74, 6) is 2.04. The summed E-state index contributed by atoms with van der Waals surface area (Å²) in [6, 6.07) is 11.2. The molecule has 43 heavy (non-hydrogen) atoms. The summed E-state index contributed by atoms with van der Waals surface area (Å²) < 4.78 is 11.5. The topological polar surface area (TPSA) is 159 Å². The van der Waals surface area contributed by atoms with E-state index in [4.69, 9.17) is 26.1 Å². The third-order valence-electron chi connectivity index (χ3n) is 8.35. The van der Waals surface area contributed by atoms with Gasteiger partial charge in [-0.15, -0.1) is 10.2 Å². The maximum absolute atomic E-state index is 9.77. The molecule has 1 saturated carbocycles. The molecule has 0 radical (unpaired) electrons. The molecule has 0 spiro atoms. The molecule has 5 rings (SSSR count). The molecule has 1 atom stereocenters. The summed E-state index contributed by atoms with van der Waals surface area (Å²) in [6.07, 6.45) is 7.29. The second-order valence-corrected chi connectivity index (χ2v) is 12.5. The molecule has 0 bridgehead atoms. The number of aromatic amines is 1. The first-order chi connectivity index (χ1) is 20.7. The molecule has 1 saturated heterocycles. The molecule has 4 N–H and O–H groups in total. The van der Waals surface area contributed by atoms with Crippen LogP contribution in [0.1, 0.15) is 65.1 Å². The Kier molecular flexibility index (Phi) is 10.1. The van der Waals surface area contributed by atoms with Crippen molar-refractivity contribution >= 4 is 23.2 Å². The Hall–Kier alpha value is -3.37. The van der Waals surface area contributed by atoms with E-state index in [1.54, 1.807) is 6.20 Å². The lowest BCUT2D eigenvalue weighted by molar-refractivity contribution is -0.0379. The van der Waals surface area contributed by atoms with Crippen LogP contribution < -0.4 is 16.0 Å². The zero-order valence-corrected chi connectivity index (χ0v) is 25.8. The minimum Gasteiger partial charge on any atom is -0.381 e. The van der Waals surface area contributed by atoms with Gasteiger partial charge in [0.15, 0.2) is 0 Å². The van der Waals surface area contributed by atoms with Crippen molar-refractivity contribution in [1.29, 1.82) is 5.26 Å². The lowest BCUT2D eigenvalue weighted by atomic mass is 9.82. The zero-order chi connectivity index (χ0) is 30.3. The Bertz CT molecular complexity index is 1370. The van der Waals surface area contributed by atoms with Gasteiger partial charge in [-0.1, -0.05) is 22.9 Å². The average Bonchev–Trinajstić information content (AvgIpc) is 3.58. The van der Waals surface area contributed by atoms with E-state index in [2.05, 4.69) is 54.6 Å². The van der Waals surface area contributed by atoms with E-state index < -0.39 is 11.0 Å². The highest BCUT2D eigenvalue weighted by Gasteiger charge is 2.33. The Morgan fingerprint density at radius 3 is 2.67 bits per heavy atom. The van der Waals surface area contributed by atoms with Crippen LogP contribution in [0.5, 0.6) is 0 Å². The lowest BCUT2D eigenvalue weighted by Gasteiger charge is -2.32. The first kappa shape index (κ1) is 31.1. The van der Waals surface area contributed by atoms with E-state index >= 15 is 0 Å². The number of rotatable bonds is 12. The zero-order valence-electron chi connectivity index (χ0n) is 25.1. The van der Waals surface area contributed by atoms with Crippen LogP contribution >= 0.6 is 11.6 Å². The number of halogens is 1. The summed E-state index contributed by atoms with van der Waals surface area (Å²) in [6.45, 7) is 8.33. The van der Waals surface area contributed by atoms with Gasteiger partial charge in [-0.25, -0.2) is 9.97 Å². The number of hydrogen-bond acceptors (Lipinski definition) is 11. The highest BCUT2D eigenvalue weighted by Crippen LogP contribution is 2.32. The van der Waals surface area contributed by atoms with Crippen molar-refractivity contribution in [3.05, 3.63) is 41.3 Å². The molecule has 3 aromatic heterocycles. The van der Waals surface area contributed by atoms with E-state index in [0.29, 0.717) is 68.0 Å². The second kappa shape index (κ2) is 13.9. The number of H-pyrrole nitrogens is 1. The second-order valence-electron chi connectivity index (χ2n) is 12.1. The monoisotopic (exact) mass is 608 g/mol. The van der Waals surface area contributed by atoms with Crippen molar-refractivity contribution in [3.8, 4) is 17.3 Å². The highest BCUT2D eigenvalue weighted by atomic mass is 35.5. The number of aromatic nitrogens is 6. The number of ether oxygens (including phenoxy) is 2. The molecule has 4 heterocycles. The average molecular weight is 609 g/mol. The normalized spacial score (nSPS) is 21.1. The maximum atomic E-state index is 9.77. The van der Waals surface area contributed by atoms with Gasteiger partial charge >= 0.3 is 0 Å². The van der Waals surface area contributed by atoms with Gasteiger partial charge in [0, 0.05) is 49.6 Å². The van der Waals surface area contributed by atoms with Gasteiger partial charge in [-0.05, 0) is 77.5 Å². The van der Waals surface area contributed by atoms with Crippen molar-refractivity contribution in [2.75, 3.05) is 37.0 Å². The van der Waals surface area contributed by atoms with E-state index in [1.165, 1.54) is 0 Å². The van der Waals surface area contributed by atoms with Crippen LogP contribution in [0.2, 0.25) is 5.02 Å². The van der Waals surface area contributed by atoms with E-state index in [0.717, 1.165) is 42.8 Å². The molecule has 1 aliphatic carbocycles. The fraction of sp³-hybridized carbons (Fsp3) is 0.600. The minimum absolute atomic E-state index is 0.195. The van der Waals surface area contributed by atoms with Crippen molar-refractivity contribution in [3.63, 3.8) is 0 Å². The number of anilines is 2. The molecule has 2 aliphatic rings. The predicted molar refractivity (Wildman–Crippen MR) is 164 cm³/mol. The number of hydrogen-bond donors (Lipinski definition) is 4. The summed E-state index contributed by atoms with van der Waals surface area (Å²) in [5, 5.41) is 35.2. The highest BCUT2D eigenvalue weighted by molar-refractivity contribution is 6.33. The summed E-state index contributed by atoms with van der Waals surface area (Å²) in [7, 11) is 0. The number of nitrogens with zero attached hydrogens (tertiary/aromatic N) is 6. The Balaban J connectivity index is 1.12. The molecular formula is C30H41ClN10O2. The third kappa shape index (κ3) is 8.17. The van der Waals surface area contributed by atoms with Gasteiger partial charge in [0.1, 0.15) is 17.2 Å². The number of tetrazole rings is 1. The summed E-state index contributed by atoms with van der Waals surface area (Å²) in [4.78, 5) is 9.35. The fourth-order valence-electron chi connectivity index (χ4n) is 5.63. The van der Waals surface area contributed by atoms with Crippen LogP contribution in [0.25, 0.3) is 11.3 Å². The quantitative estimate of drug-likeness (QED) is 0.226. The Morgan fingerprint density at radius 2 is 1.95 bits per heavy atom. The van der Waals surface area contributed by atoms with Gasteiger partial charge < -0.3 is 25.4 Å². The SMILES string of the molecule is C[C@H](COC(C)(C)c1nn[nH]n1)N[C@H]1CC[C@H](Nc2cc(-c3cccc(NCC4(C#N)CCOCC4)n3)c(Cl)cn2)CC1. The molecule has 0 unspecified atom stereocenters. The lowest BCUT2D eigenvalue weighted by Crippen LogP contribution is -2.44. The number of nitrogens with one attached hydrogen (secondary N) is 4. The smallest absolute Gasteiger partial charge is 0.205 e. The minimum atomic E-state index is -0.604. The summed E-state index contributed by atoms with van der Waals surface area (Å²) in [5.41, 5.74) is 0.531. The van der Waals surface area contributed by atoms with Gasteiger partial charge in [0.05, 0.1) is 28.8 Å². The first-order valence-electron chi connectivity index (χ1n) is 15.0. The standard InChI is InChI=1S/C30H41ClN10O2/c1-20(17-43-29(2,3)28-38-40-41-39-28)35-21-7-9-22(10-8-21)36-27-15-23(24(31)16-33-27)25-5-4-6-26(37-25)34-19-30(18-32)11-13-42-14-12-30/h4-6,15-16,20-22,35H,7-14,17,19H2,1-3H3,(H,33,36)(H,34,37)(H,38,39,40,41)/t20-,21-,22-/m1/s1. The van der Waals surface area contributed by atoms with Crippen LogP contribution in [0.3, 0.4) is 0 Å². The van der Waals surface area contributed by atoms with Crippen molar-refractivity contribution in [1.82, 2.24) is 35.9 Å². The van der Waals surface area contributed by atoms with Gasteiger partial charge in [-0.2, -0.15) is 10.5 Å². The largest absolute Gasteiger partial charge is 0.381 e. The summed E-state index contributed by atoms with van der Waals surface area (Å²) >= 11 is 6.58. The molecule has 13 heteroatoms. The van der Waals surface area contributed by atoms with E-state index in [9.17, 15) is 5.26 Å². The molecule has 230 valence electrons. The molecule has 0 amide bonds. The van der Waals surface area contributed by atoms with Gasteiger partial charge in [-0.3, -0.25) is 0 Å². The van der Waals surface area contributed by atoms with Crippen LogP contribution in [0.15, 0.2) is 30.5 Å². The Labute approximate surface area is 257 Å². The molecule has 2 fully saturated rings. The van der Waals surface area contributed by atoms with E-state index in [-0.39, 0.29) is 6.04 Å². The number of nitriles is 1. The molecule has 0 aromatic carbocycles. The third-order valence-corrected chi connectivity index (χ3v) is 8.65. The predicted octanol–water partition coefficient (Wildman–Crippen LogP) is 4.70. The van der Waals surface area contributed by atoms with Gasteiger partial charge in [0.25, 0.3) is 0 Å². The van der Waals surface area contributed by atoms with Gasteiger partial charge in [0.2, 0.25) is 5.82 Å². The van der Waals surface area contributed by atoms with Crippen LogP contribution in [0.4, 0.5) is 11.6 Å². The first-order valence-corrected chi connectivity index (χ1v) is 15.4. The Morgan fingerprint density at radius 1 is 1.19 bits per heavy atom. The van der Waals surface area contributed by atoms with E-state index in [1.807, 2.05) is 38.1 Å². The van der Waals surface area contributed by atoms with Crippen LogP contribution in [0, 0.1) is 16.7 Å². The van der Waals surface area contributed by atoms with Crippen LogP contribution in [-0.2, 0) is 15.1 Å². The molecule has 3 aromatic rings. The van der Waals surface area contributed by atoms with Crippen LogP contribution in [-0.4, -0.2) is 75.1 Å². The van der Waals surface area contributed by atoms with Crippen molar-refractivity contribution in [2.24, 2.45) is 5.41 Å².